The molecule has 0 unspecified atom stereocenters. The second kappa shape index (κ2) is 5.05. The molecule has 1 aromatic rings. The van der Waals surface area contributed by atoms with Gasteiger partial charge < -0.3 is 5.32 Å². The van der Waals surface area contributed by atoms with E-state index < -0.39 is 9.84 Å². The average molecular weight is 268 g/mol. The van der Waals surface area contributed by atoms with E-state index in [1.54, 1.807) is 18.2 Å². The third kappa shape index (κ3) is 4.73. The first-order valence-corrected chi connectivity index (χ1v) is 7.07. The Hall–Kier alpha value is -0.450. The van der Waals surface area contributed by atoms with Crippen LogP contribution in [0.4, 0.5) is 5.69 Å². The Balaban J connectivity index is 2.55. The van der Waals surface area contributed by atoms with Crippen molar-refractivity contribution < 1.29 is 8.42 Å². The molecule has 84 valence electrons. The number of halogens is 2. The molecule has 1 rings (SSSR count). The zero-order valence-corrected chi connectivity index (χ0v) is 10.5. The van der Waals surface area contributed by atoms with Crippen LogP contribution in [0.2, 0.25) is 10.0 Å². The molecule has 0 saturated carbocycles. The molecule has 0 fully saturated rings. The van der Waals surface area contributed by atoms with E-state index in [9.17, 15) is 8.42 Å². The number of sulfone groups is 1. The molecular weight excluding hydrogens is 257 g/mol. The van der Waals surface area contributed by atoms with Crippen molar-refractivity contribution in [1.29, 1.82) is 0 Å². The number of benzene rings is 1. The lowest BCUT2D eigenvalue weighted by Crippen LogP contribution is -2.13. The fraction of sp³-hybridized carbons (Fsp3) is 0.333. The van der Waals surface area contributed by atoms with Crippen LogP contribution in [0.5, 0.6) is 0 Å². The van der Waals surface area contributed by atoms with Crippen LogP contribution in [0.3, 0.4) is 0 Å². The van der Waals surface area contributed by atoms with Gasteiger partial charge in [-0.15, -0.1) is 0 Å². The van der Waals surface area contributed by atoms with Crippen molar-refractivity contribution in [3.05, 3.63) is 28.2 Å². The van der Waals surface area contributed by atoms with Crippen molar-refractivity contribution in [2.45, 2.75) is 0 Å². The topological polar surface area (TPSA) is 46.2 Å². The van der Waals surface area contributed by atoms with Gasteiger partial charge in [0.15, 0.2) is 0 Å². The Morgan fingerprint density at radius 1 is 1.27 bits per heavy atom. The van der Waals surface area contributed by atoms with E-state index in [-0.39, 0.29) is 5.75 Å². The minimum atomic E-state index is -2.93. The Morgan fingerprint density at radius 2 is 1.93 bits per heavy atom. The van der Waals surface area contributed by atoms with E-state index in [0.29, 0.717) is 16.6 Å². The summed E-state index contributed by atoms with van der Waals surface area (Å²) in [5.41, 5.74) is 0.757. The summed E-state index contributed by atoms with van der Waals surface area (Å²) < 4.78 is 21.7. The molecule has 0 aliphatic heterocycles. The molecule has 0 bridgehead atoms. The van der Waals surface area contributed by atoms with Crippen LogP contribution in [0.1, 0.15) is 0 Å². The number of rotatable bonds is 4. The fourth-order valence-electron chi connectivity index (χ4n) is 0.987. The highest BCUT2D eigenvalue weighted by Gasteiger charge is 2.02. The zero-order chi connectivity index (χ0) is 11.5. The summed E-state index contributed by atoms with van der Waals surface area (Å²) in [6.45, 7) is 0.358. The van der Waals surface area contributed by atoms with Crippen molar-refractivity contribution in [3.63, 3.8) is 0 Å². The summed E-state index contributed by atoms with van der Waals surface area (Å²) in [5, 5.41) is 3.87. The van der Waals surface area contributed by atoms with Crippen LogP contribution >= 0.6 is 23.2 Å². The smallest absolute Gasteiger partial charge is 0.149 e. The van der Waals surface area contributed by atoms with Gasteiger partial charge in [-0.1, -0.05) is 23.2 Å². The van der Waals surface area contributed by atoms with Gasteiger partial charge in [0, 0.05) is 18.5 Å². The highest BCUT2D eigenvalue weighted by molar-refractivity contribution is 7.90. The third-order valence-electron chi connectivity index (χ3n) is 1.72. The Labute approximate surface area is 99.3 Å². The quantitative estimate of drug-likeness (QED) is 0.912. The molecule has 0 radical (unpaired) electrons. The molecule has 0 aliphatic rings. The zero-order valence-electron chi connectivity index (χ0n) is 8.13. The monoisotopic (exact) mass is 267 g/mol. The molecule has 0 heterocycles. The lowest BCUT2D eigenvalue weighted by atomic mass is 10.3. The Kier molecular flexibility index (Phi) is 4.25. The number of hydrogen-bond donors (Lipinski definition) is 1. The molecule has 3 nitrogen and oxygen atoms in total. The van der Waals surface area contributed by atoms with Crippen molar-refractivity contribution in [1.82, 2.24) is 0 Å². The van der Waals surface area contributed by atoms with E-state index in [1.807, 2.05) is 0 Å². The standard InChI is InChI=1S/C9H11Cl2NO2S/c1-15(13,14)5-4-12-7-2-3-8(10)9(11)6-7/h2-3,6,12H,4-5H2,1H3. The number of nitrogens with one attached hydrogen (secondary N) is 1. The van der Waals surface area contributed by atoms with Gasteiger partial charge in [-0.3, -0.25) is 0 Å². The van der Waals surface area contributed by atoms with Crippen LogP contribution in [0, 0.1) is 0 Å². The van der Waals surface area contributed by atoms with Crippen molar-refractivity contribution >= 4 is 38.7 Å². The predicted octanol–water partition coefficient (Wildman–Crippen LogP) is 2.45. The second-order valence-corrected chi connectivity index (χ2v) is 6.26. The average Bonchev–Trinajstić information content (AvgIpc) is 2.09. The van der Waals surface area contributed by atoms with Gasteiger partial charge in [-0.25, -0.2) is 8.42 Å². The van der Waals surface area contributed by atoms with Crippen LogP contribution < -0.4 is 5.32 Å². The molecule has 0 amide bonds. The molecule has 0 aromatic heterocycles. The maximum Gasteiger partial charge on any atom is 0.149 e. The lowest BCUT2D eigenvalue weighted by molar-refractivity contribution is 0.602. The molecular formula is C9H11Cl2NO2S. The summed E-state index contributed by atoms with van der Waals surface area (Å²) in [6.07, 6.45) is 1.20. The van der Waals surface area contributed by atoms with Crippen molar-refractivity contribution in [2.75, 3.05) is 23.9 Å². The lowest BCUT2D eigenvalue weighted by Gasteiger charge is -2.06. The third-order valence-corrected chi connectivity index (χ3v) is 3.41. The Morgan fingerprint density at radius 3 is 2.47 bits per heavy atom. The van der Waals surface area contributed by atoms with Gasteiger partial charge in [0.2, 0.25) is 0 Å². The van der Waals surface area contributed by atoms with E-state index >= 15 is 0 Å². The van der Waals surface area contributed by atoms with E-state index in [0.717, 1.165) is 5.69 Å². The summed E-state index contributed by atoms with van der Waals surface area (Å²) in [7, 11) is -2.93. The normalized spacial score (nSPS) is 11.4. The van der Waals surface area contributed by atoms with E-state index in [1.165, 1.54) is 6.26 Å². The van der Waals surface area contributed by atoms with Crippen LogP contribution in [0.15, 0.2) is 18.2 Å². The first-order chi connectivity index (χ1) is 6.88. The minimum absolute atomic E-state index is 0.0905. The molecule has 1 N–H and O–H groups in total. The molecule has 0 spiro atoms. The number of anilines is 1. The van der Waals surface area contributed by atoms with Gasteiger partial charge in [-0.05, 0) is 18.2 Å². The van der Waals surface area contributed by atoms with Crippen LogP contribution in [0.25, 0.3) is 0 Å². The first-order valence-electron chi connectivity index (χ1n) is 4.25. The van der Waals surface area contributed by atoms with Crippen LogP contribution in [-0.4, -0.2) is 27.0 Å². The second-order valence-electron chi connectivity index (χ2n) is 3.19. The number of hydrogen-bond acceptors (Lipinski definition) is 3. The van der Waals surface area contributed by atoms with E-state index in [2.05, 4.69) is 5.32 Å². The molecule has 15 heavy (non-hydrogen) atoms. The SMILES string of the molecule is CS(=O)(=O)CCNc1ccc(Cl)c(Cl)c1. The van der Waals surface area contributed by atoms with Crippen LogP contribution in [-0.2, 0) is 9.84 Å². The molecule has 6 heteroatoms. The molecule has 0 saturated heterocycles. The molecule has 0 aliphatic carbocycles. The summed E-state index contributed by atoms with van der Waals surface area (Å²) in [4.78, 5) is 0. The first kappa shape index (κ1) is 12.6. The summed E-state index contributed by atoms with van der Waals surface area (Å²) in [6, 6.07) is 5.06. The molecule has 1 aromatic carbocycles. The van der Waals surface area contributed by atoms with Crippen molar-refractivity contribution in [3.8, 4) is 0 Å². The maximum atomic E-state index is 10.9. The van der Waals surface area contributed by atoms with Gasteiger partial charge in [0.05, 0.1) is 15.8 Å². The van der Waals surface area contributed by atoms with Gasteiger partial charge >= 0.3 is 0 Å². The highest BCUT2D eigenvalue weighted by atomic mass is 35.5. The Bertz CT molecular complexity index is 445. The van der Waals surface area contributed by atoms with Gasteiger partial charge in [0.25, 0.3) is 0 Å². The van der Waals surface area contributed by atoms with Crippen molar-refractivity contribution in [2.24, 2.45) is 0 Å². The maximum absolute atomic E-state index is 10.9. The van der Waals surface area contributed by atoms with E-state index in [4.69, 9.17) is 23.2 Å². The summed E-state index contributed by atoms with van der Waals surface area (Å²) in [5.74, 6) is 0.0905. The summed E-state index contributed by atoms with van der Waals surface area (Å²) >= 11 is 11.5. The molecule has 0 atom stereocenters. The predicted molar refractivity (Wildman–Crippen MR) is 64.7 cm³/mol. The minimum Gasteiger partial charge on any atom is -0.384 e. The van der Waals surface area contributed by atoms with Gasteiger partial charge in [-0.2, -0.15) is 0 Å². The largest absolute Gasteiger partial charge is 0.384 e. The fourth-order valence-corrected chi connectivity index (χ4v) is 1.76. The van der Waals surface area contributed by atoms with Gasteiger partial charge in [0.1, 0.15) is 9.84 Å². The highest BCUT2D eigenvalue weighted by Crippen LogP contribution is 2.24.